The number of Topliss-reactive ketones (excluding diaryl/α,β-unsaturated/α-hetero) is 2. The molecule has 0 spiro atoms. The maximum atomic E-state index is 14.3. The third-order valence-electron chi connectivity index (χ3n) is 15.7. The van der Waals surface area contributed by atoms with Crippen molar-refractivity contribution >= 4 is 76.3 Å². The van der Waals surface area contributed by atoms with Crippen molar-refractivity contribution in [2.45, 2.75) is 97.8 Å². The Kier molecular flexibility index (Phi) is 30.2. The van der Waals surface area contributed by atoms with Crippen LogP contribution in [0, 0.1) is 20.8 Å². The molecule has 0 aliphatic carbocycles. The van der Waals surface area contributed by atoms with Gasteiger partial charge in [0, 0.05) is 49.3 Å². The number of para-hydroxylation sites is 2. The molecule has 10 aromatic rings. The molecule has 1 amide bonds. The summed E-state index contributed by atoms with van der Waals surface area (Å²) in [4.78, 5) is 95.9. The smallest absolute Gasteiger partial charge is 0.460 e. The summed E-state index contributed by atoms with van der Waals surface area (Å²) in [5.74, 6) is -12.0. The summed E-state index contributed by atoms with van der Waals surface area (Å²) in [5.41, 5.74) is 9.61. The van der Waals surface area contributed by atoms with E-state index in [2.05, 4.69) is 44.6 Å². The number of ether oxygens (including phenoxy) is 7. The van der Waals surface area contributed by atoms with E-state index in [9.17, 15) is 99.4 Å². The molecule has 2 aliphatic rings. The van der Waals surface area contributed by atoms with Gasteiger partial charge >= 0.3 is 36.6 Å². The first-order valence-electron chi connectivity index (χ1n) is 34.0. The summed E-state index contributed by atoms with van der Waals surface area (Å²) < 4.78 is 231. The van der Waals surface area contributed by atoms with Crippen molar-refractivity contribution in [3.63, 3.8) is 0 Å². The Hall–Kier alpha value is -12.7. The molecule has 22 nitrogen and oxygen atoms in total. The highest BCUT2D eigenvalue weighted by atomic mass is 35.5. The number of nitrogens with one attached hydrogen (secondary N) is 2. The molecule has 4 N–H and O–H groups in total. The number of esters is 1. The normalized spacial score (nSPS) is 13.4. The Morgan fingerprint density at radius 3 is 1.39 bits per heavy atom. The second-order valence-corrected chi connectivity index (χ2v) is 25.5. The third kappa shape index (κ3) is 27.5. The quantitative estimate of drug-likeness (QED) is 0.0102. The standard InChI is InChI=1S/C30H22F5N3O5.C18H16F5NO2.C15H11F3O3.C13H11NO6.C3H7F2N.ClH/c1-15-12-18(10-11-22(15)43-30(33,34)35)41-17-8-6-16(7-9-17)25-23-20(27(39)38(25)14-29(2,31)32)13-36-24(23)19-4-3-5-21-26(19)42-28(40)37-21;1-12-9-15(7-8-16(12)26-18(21,22)23)25-14-5-3-13(4-6-14)10-24-11-17(2,19)20;1-10-8-13(6-7-14(10)21-15(16,17)18)20-12-4-2-11(9-19)3-5-12;1-2-19-12(17)10(16)6-9(15)7-4-3-5-8-11(7)20-13(18)14-8;1-3(4,5)2-6;/h3-12,25H,13-14H2,1-2H3,(H,37,40);3-10H,11H2,1-2H3;2-9H,1H3;3-5H,2,6H2,1H3,(H,14,18);2,6H2,1H3;1H. The lowest BCUT2D eigenvalue weighted by molar-refractivity contribution is -0.275. The fourth-order valence-corrected chi connectivity index (χ4v) is 10.8. The lowest BCUT2D eigenvalue weighted by Gasteiger charge is -2.30. The number of oxazole rings is 2. The van der Waals surface area contributed by atoms with Gasteiger partial charge < -0.3 is 52.6 Å². The van der Waals surface area contributed by atoms with Gasteiger partial charge in [-0.3, -0.25) is 39.1 Å². The van der Waals surface area contributed by atoms with Gasteiger partial charge in [-0.25, -0.2) is 40.7 Å². The number of nitrogens with zero attached hydrogens (tertiary/aromatic N) is 3. The highest BCUT2D eigenvalue weighted by molar-refractivity contribution is 6.38. The molecule has 1 unspecified atom stereocenters. The van der Waals surface area contributed by atoms with Crippen LogP contribution in [0.25, 0.3) is 22.2 Å². The second kappa shape index (κ2) is 38.6. The number of alkyl halides is 15. The average Bonchev–Trinajstić information content (AvgIpc) is 1.57. The first-order chi connectivity index (χ1) is 54.2. The zero-order chi connectivity index (χ0) is 85.4. The Morgan fingerprint density at radius 1 is 0.564 bits per heavy atom. The monoisotopic (exact) mass is 1680 g/mol. The van der Waals surface area contributed by atoms with Gasteiger partial charge in [0.15, 0.2) is 16.9 Å². The number of amides is 1. The molecule has 38 heteroatoms. The average molecular weight is 1680 g/mol. The number of nitrogens with two attached hydrogens (primary N) is 1. The van der Waals surface area contributed by atoms with Crippen LogP contribution in [0.2, 0.25) is 0 Å². The lowest BCUT2D eigenvalue weighted by atomic mass is 9.91. The molecule has 0 fully saturated rings. The largest absolute Gasteiger partial charge is 0.573 e. The molecule has 1 atom stereocenters. The summed E-state index contributed by atoms with van der Waals surface area (Å²) >= 11 is 0. The maximum absolute atomic E-state index is 14.3. The maximum Gasteiger partial charge on any atom is 0.573 e. The van der Waals surface area contributed by atoms with E-state index in [0.717, 1.165) is 31.7 Å². The Bertz CT molecular complexity index is 5390. The predicted molar refractivity (Wildman–Crippen MR) is 396 cm³/mol. The number of benzene rings is 8. The molecule has 2 aromatic heterocycles. The fraction of sp³-hybridized carbons (Fsp3) is 0.253. The van der Waals surface area contributed by atoms with Gasteiger partial charge in [0.2, 0.25) is 5.78 Å². The number of carbonyl (C=O) groups excluding carboxylic acids is 5. The second-order valence-electron chi connectivity index (χ2n) is 25.5. The molecule has 12 rings (SSSR count). The molecule has 0 radical (unpaired) electrons. The molecule has 0 bridgehead atoms. The van der Waals surface area contributed by atoms with Gasteiger partial charge in [0.1, 0.15) is 64.6 Å². The van der Waals surface area contributed by atoms with Gasteiger partial charge in [-0.2, -0.15) is 0 Å². The number of carbonyl (C=O) groups is 5. The molecule has 0 saturated heterocycles. The number of H-pyrrole nitrogens is 2. The van der Waals surface area contributed by atoms with Gasteiger partial charge in [0.05, 0.1) is 61.0 Å². The molecule has 8 aromatic carbocycles. The highest BCUT2D eigenvalue weighted by Crippen LogP contribution is 2.46. The SMILES string of the molecule is CC(F)(F)CN.CCOC(=O)C(=O)CC(=O)c1cccc2[nH]c(=O)oc12.Cc1cc(Oc2ccc(C3C4=C(CN=C4c4cccc5[nH]c(=O)oc45)C(=O)N3CC(C)(F)F)cc2)ccc1OC(F)(F)F.Cc1cc(Oc2ccc(C=NCC(C)(F)F)cc2)ccc1OC(F)(F)F.Cc1cc(Oc2ccc(C=O)cc2)ccc1OC(F)(F)F.Cl. The number of aldehydes is 1. The minimum atomic E-state index is -4.83. The number of rotatable bonds is 23. The Balaban J connectivity index is 0.000000221. The van der Waals surface area contributed by atoms with E-state index in [4.69, 9.17) is 23.0 Å². The van der Waals surface area contributed by atoms with Crippen LogP contribution in [0.5, 0.6) is 51.7 Å². The van der Waals surface area contributed by atoms with Crippen LogP contribution in [0.3, 0.4) is 0 Å². The van der Waals surface area contributed by atoms with Gasteiger partial charge in [-0.05, 0) is 195 Å². The Morgan fingerprint density at radius 2 is 0.983 bits per heavy atom. The van der Waals surface area contributed by atoms with Crippen molar-refractivity contribution in [1.82, 2.24) is 14.9 Å². The number of aliphatic imine (C=N–C) groups is 2. The lowest BCUT2D eigenvalue weighted by Crippen LogP contribution is -2.40. The molecular weight excluding hydrogens is 1610 g/mol. The minimum Gasteiger partial charge on any atom is -0.460 e. The van der Waals surface area contributed by atoms with Crippen LogP contribution in [0.15, 0.2) is 203 Å². The third-order valence-corrected chi connectivity index (χ3v) is 15.7. The number of ketones is 2. The summed E-state index contributed by atoms with van der Waals surface area (Å²) in [6.45, 7) is 6.29. The minimum absolute atomic E-state index is 0. The number of aryl methyl sites for hydroxylation is 3. The molecule has 2 aliphatic heterocycles. The van der Waals surface area contributed by atoms with Crippen LogP contribution in [-0.2, 0) is 19.1 Å². The van der Waals surface area contributed by atoms with Gasteiger partial charge in [0.25, 0.3) is 23.7 Å². The predicted octanol–water partition coefficient (Wildman–Crippen LogP) is 18.6. The van der Waals surface area contributed by atoms with E-state index < -0.39 is 104 Å². The van der Waals surface area contributed by atoms with Gasteiger partial charge in [-0.15, -0.1) is 51.9 Å². The van der Waals surface area contributed by atoms with Crippen LogP contribution >= 0.6 is 12.4 Å². The van der Waals surface area contributed by atoms with Crippen LogP contribution < -0.4 is 45.7 Å². The number of hydrogen-bond acceptors (Lipinski definition) is 19. The van der Waals surface area contributed by atoms with Gasteiger partial charge in [-0.1, -0.05) is 24.3 Å². The summed E-state index contributed by atoms with van der Waals surface area (Å²) in [5, 5.41) is 0. The van der Waals surface area contributed by atoms with Crippen molar-refractivity contribution in [2.24, 2.45) is 15.7 Å². The van der Waals surface area contributed by atoms with E-state index in [1.54, 1.807) is 104 Å². The van der Waals surface area contributed by atoms with Crippen LogP contribution in [0.1, 0.15) is 94.3 Å². The zero-order valence-electron chi connectivity index (χ0n) is 62.1. The number of fused-ring (bicyclic) bond motifs is 2. The number of halogens is 16. The fourth-order valence-electron chi connectivity index (χ4n) is 10.8. The van der Waals surface area contributed by atoms with Crippen molar-refractivity contribution in [3.05, 3.63) is 241 Å². The van der Waals surface area contributed by atoms with Crippen molar-refractivity contribution in [1.29, 1.82) is 0 Å². The topological polar surface area (TPSA) is 296 Å². The number of hydrogen-bond donors (Lipinski definition) is 3. The van der Waals surface area contributed by atoms with Crippen molar-refractivity contribution < 1.29 is 132 Å². The number of aromatic amines is 2. The Labute approximate surface area is 659 Å². The molecule has 622 valence electrons. The van der Waals surface area contributed by atoms with E-state index in [0.29, 0.717) is 85.2 Å². The van der Waals surface area contributed by atoms with E-state index in [1.807, 2.05) is 0 Å². The van der Waals surface area contributed by atoms with Crippen LogP contribution in [-0.4, -0.2) is 126 Å². The highest BCUT2D eigenvalue weighted by Gasteiger charge is 2.48. The summed E-state index contributed by atoms with van der Waals surface area (Å²) in [6.07, 6.45) is -12.9. The first kappa shape index (κ1) is 91.5. The van der Waals surface area contributed by atoms with E-state index >= 15 is 0 Å². The first-order valence-corrected chi connectivity index (χ1v) is 34.0. The van der Waals surface area contributed by atoms with E-state index in [-0.39, 0.29) is 82.0 Å². The summed E-state index contributed by atoms with van der Waals surface area (Å²) in [7, 11) is 0. The summed E-state index contributed by atoms with van der Waals surface area (Å²) in [6, 6.07) is 39.5. The molecule has 0 saturated carbocycles. The van der Waals surface area contributed by atoms with Crippen LogP contribution in [0.4, 0.5) is 65.9 Å². The van der Waals surface area contributed by atoms with Crippen molar-refractivity contribution in [3.8, 4) is 51.7 Å². The molecular formula is C79H68ClF15N6O16. The molecule has 4 heterocycles. The van der Waals surface area contributed by atoms with Crippen molar-refractivity contribution in [2.75, 3.05) is 32.8 Å². The molecule has 117 heavy (non-hydrogen) atoms. The van der Waals surface area contributed by atoms with E-state index in [1.165, 1.54) is 87.6 Å². The number of aromatic nitrogens is 2. The zero-order valence-corrected chi connectivity index (χ0v) is 62.9.